The molecule has 2 N–H and O–H groups in total. The standard InChI is InChI=1S/C15H18ClN3O/c1-10-14(11(2)19-18-10)7-8-17-15(20)9-12-3-5-13(16)6-4-12/h3-6H,7-9H2,1-2H3,(H,17,20)(H,18,19). The summed E-state index contributed by atoms with van der Waals surface area (Å²) in [5.41, 5.74) is 4.20. The third-order valence-corrected chi connectivity index (χ3v) is 3.51. The van der Waals surface area contributed by atoms with Gasteiger partial charge in [0.25, 0.3) is 0 Å². The van der Waals surface area contributed by atoms with E-state index in [1.807, 2.05) is 26.0 Å². The van der Waals surface area contributed by atoms with Crippen molar-refractivity contribution in [3.63, 3.8) is 0 Å². The van der Waals surface area contributed by atoms with E-state index in [0.717, 1.165) is 23.4 Å². The van der Waals surface area contributed by atoms with Crippen molar-refractivity contribution in [3.05, 3.63) is 51.8 Å². The van der Waals surface area contributed by atoms with E-state index in [4.69, 9.17) is 11.6 Å². The molecule has 1 amide bonds. The van der Waals surface area contributed by atoms with Gasteiger partial charge in [-0.1, -0.05) is 23.7 Å². The highest BCUT2D eigenvalue weighted by molar-refractivity contribution is 6.30. The average molecular weight is 292 g/mol. The Kier molecular flexibility index (Phi) is 4.79. The highest BCUT2D eigenvalue weighted by Crippen LogP contribution is 2.10. The number of carbonyl (C=O) groups is 1. The Labute approximate surface area is 123 Å². The van der Waals surface area contributed by atoms with Gasteiger partial charge in [0, 0.05) is 17.3 Å². The van der Waals surface area contributed by atoms with Crippen molar-refractivity contribution < 1.29 is 4.79 Å². The van der Waals surface area contributed by atoms with Gasteiger partial charge in [0.05, 0.1) is 12.1 Å². The van der Waals surface area contributed by atoms with E-state index in [9.17, 15) is 4.79 Å². The molecule has 0 fully saturated rings. The minimum Gasteiger partial charge on any atom is -0.355 e. The Balaban J connectivity index is 1.79. The normalized spacial score (nSPS) is 10.6. The summed E-state index contributed by atoms with van der Waals surface area (Å²) in [6.45, 7) is 4.58. The number of rotatable bonds is 5. The quantitative estimate of drug-likeness (QED) is 0.889. The van der Waals surface area contributed by atoms with Gasteiger partial charge in [-0.05, 0) is 43.5 Å². The van der Waals surface area contributed by atoms with Gasteiger partial charge in [-0.3, -0.25) is 9.89 Å². The second-order valence-electron chi connectivity index (χ2n) is 4.82. The zero-order valence-electron chi connectivity index (χ0n) is 11.7. The van der Waals surface area contributed by atoms with Crippen LogP contribution in [0.25, 0.3) is 0 Å². The minimum absolute atomic E-state index is 0.0196. The topological polar surface area (TPSA) is 57.8 Å². The first-order valence-electron chi connectivity index (χ1n) is 6.58. The number of amides is 1. The van der Waals surface area contributed by atoms with Gasteiger partial charge in [0.2, 0.25) is 5.91 Å². The molecule has 0 spiro atoms. The molecule has 0 aliphatic heterocycles. The molecule has 2 rings (SSSR count). The fourth-order valence-corrected chi connectivity index (χ4v) is 2.25. The zero-order valence-corrected chi connectivity index (χ0v) is 12.4. The first-order chi connectivity index (χ1) is 9.56. The summed E-state index contributed by atoms with van der Waals surface area (Å²) in [5.74, 6) is 0.0196. The number of aromatic nitrogens is 2. The van der Waals surface area contributed by atoms with Crippen molar-refractivity contribution >= 4 is 17.5 Å². The van der Waals surface area contributed by atoms with Crippen LogP contribution in [0.5, 0.6) is 0 Å². The SMILES string of the molecule is Cc1n[nH]c(C)c1CCNC(=O)Cc1ccc(Cl)cc1. The van der Waals surface area contributed by atoms with Crippen molar-refractivity contribution in [2.24, 2.45) is 0 Å². The van der Waals surface area contributed by atoms with Gasteiger partial charge in [0.15, 0.2) is 0 Å². The molecular weight excluding hydrogens is 274 g/mol. The Morgan fingerprint density at radius 1 is 1.30 bits per heavy atom. The average Bonchev–Trinajstić information content (AvgIpc) is 2.73. The van der Waals surface area contributed by atoms with E-state index < -0.39 is 0 Å². The lowest BCUT2D eigenvalue weighted by Gasteiger charge is -2.06. The highest BCUT2D eigenvalue weighted by atomic mass is 35.5. The maximum absolute atomic E-state index is 11.8. The third-order valence-electron chi connectivity index (χ3n) is 3.26. The van der Waals surface area contributed by atoms with Gasteiger partial charge in [-0.15, -0.1) is 0 Å². The van der Waals surface area contributed by atoms with E-state index in [1.165, 1.54) is 5.56 Å². The van der Waals surface area contributed by atoms with E-state index in [1.54, 1.807) is 12.1 Å². The smallest absolute Gasteiger partial charge is 0.224 e. The van der Waals surface area contributed by atoms with Crippen LogP contribution in [0.15, 0.2) is 24.3 Å². The van der Waals surface area contributed by atoms with E-state index >= 15 is 0 Å². The van der Waals surface area contributed by atoms with E-state index in [0.29, 0.717) is 18.0 Å². The number of nitrogens with zero attached hydrogens (tertiary/aromatic N) is 1. The largest absolute Gasteiger partial charge is 0.355 e. The predicted octanol–water partition coefficient (Wildman–Crippen LogP) is 2.58. The molecule has 106 valence electrons. The number of benzene rings is 1. The maximum atomic E-state index is 11.8. The monoisotopic (exact) mass is 291 g/mol. The molecule has 0 saturated heterocycles. The highest BCUT2D eigenvalue weighted by Gasteiger charge is 2.07. The van der Waals surface area contributed by atoms with Gasteiger partial charge in [-0.2, -0.15) is 5.10 Å². The molecule has 0 atom stereocenters. The summed E-state index contributed by atoms with van der Waals surface area (Å²) >= 11 is 5.81. The predicted molar refractivity (Wildman–Crippen MR) is 79.9 cm³/mol. The minimum atomic E-state index is 0.0196. The van der Waals surface area contributed by atoms with Crippen molar-refractivity contribution in [1.29, 1.82) is 0 Å². The van der Waals surface area contributed by atoms with Gasteiger partial charge in [0.1, 0.15) is 0 Å². The summed E-state index contributed by atoms with van der Waals surface area (Å²) in [7, 11) is 0. The molecule has 5 heteroatoms. The molecule has 0 unspecified atom stereocenters. The molecule has 2 aromatic rings. The number of halogens is 1. The van der Waals surface area contributed by atoms with E-state index in [-0.39, 0.29) is 5.91 Å². The number of aryl methyl sites for hydroxylation is 2. The molecule has 0 aliphatic rings. The number of hydrogen-bond donors (Lipinski definition) is 2. The van der Waals surface area contributed by atoms with Crippen LogP contribution in [-0.4, -0.2) is 22.6 Å². The maximum Gasteiger partial charge on any atom is 0.224 e. The van der Waals surface area contributed by atoms with E-state index in [2.05, 4.69) is 15.5 Å². The van der Waals surface area contributed by atoms with Crippen LogP contribution in [0.1, 0.15) is 22.5 Å². The summed E-state index contributed by atoms with van der Waals surface area (Å²) < 4.78 is 0. The zero-order chi connectivity index (χ0) is 14.5. The number of hydrogen-bond acceptors (Lipinski definition) is 2. The summed E-state index contributed by atoms with van der Waals surface area (Å²) in [4.78, 5) is 11.8. The number of aromatic amines is 1. The Morgan fingerprint density at radius 3 is 2.60 bits per heavy atom. The van der Waals surface area contributed by atoms with Crippen LogP contribution in [-0.2, 0) is 17.6 Å². The molecule has 0 saturated carbocycles. The number of carbonyl (C=O) groups excluding carboxylic acids is 1. The third kappa shape index (κ3) is 3.84. The first kappa shape index (κ1) is 14.6. The van der Waals surface area contributed by atoms with Gasteiger partial charge >= 0.3 is 0 Å². The fraction of sp³-hybridized carbons (Fsp3) is 0.333. The van der Waals surface area contributed by atoms with Crippen molar-refractivity contribution in [2.45, 2.75) is 26.7 Å². The molecule has 0 radical (unpaired) electrons. The number of nitrogens with one attached hydrogen (secondary N) is 2. The Bertz CT molecular complexity index is 570. The van der Waals surface area contributed by atoms with Crippen LogP contribution < -0.4 is 5.32 Å². The molecule has 0 aliphatic carbocycles. The molecule has 4 nitrogen and oxygen atoms in total. The Hall–Kier alpha value is -1.81. The summed E-state index contributed by atoms with van der Waals surface area (Å²) in [5, 5.41) is 10.7. The lowest BCUT2D eigenvalue weighted by molar-refractivity contribution is -0.120. The lowest BCUT2D eigenvalue weighted by atomic mass is 10.1. The molecule has 1 aromatic heterocycles. The summed E-state index contributed by atoms with van der Waals surface area (Å²) in [6.07, 6.45) is 1.17. The Morgan fingerprint density at radius 2 is 2.00 bits per heavy atom. The van der Waals surface area contributed by atoms with Crippen LogP contribution in [0, 0.1) is 13.8 Å². The molecule has 0 bridgehead atoms. The van der Waals surface area contributed by atoms with Crippen LogP contribution in [0.4, 0.5) is 0 Å². The van der Waals surface area contributed by atoms with Crippen LogP contribution in [0.3, 0.4) is 0 Å². The first-order valence-corrected chi connectivity index (χ1v) is 6.95. The lowest BCUT2D eigenvalue weighted by Crippen LogP contribution is -2.27. The summed E-state index contributed by atoms with van der Waals surface area (Å²) in [6, 6.07) is 7.32. The molecule has 20 heavy (non-hydrogen) atoms. The van der Waals surface area contributed by atoms with Crippen molar-refractivity contribution in [1.82, 2.24) is 15.5 Å². The molecule has 1 aromatic carbocycles. The van der Waals surface area contributed by atoms with Crippen molar-refractivity contribution in [2.75, 3.05) is 6.54 Å². The van der Waals surface area contributed by atoms with Gasteiger partial charge < -0.3 is 5.32 Å². The fourth-order valence-electron chi connectivity index (χ4n) is 2.12. The van der Waals surface area contributed by atoms with Gasteiger partial charge in [-0.25, -0.2) is 0 Å². The molecular formula is C15H18ClN3O. The second-order valence-corrected chi connectivity index (χ2v) is 5.25. The second kappa shape index (κ2) is 6.57. The van der Waals surface area contributed by atoms with Crippen LogP contribution >= 0.6 is 11.6 Å². The molecule has 1 heterocycles. The van der Waals surface area contributed by atoms with Crippen LogP contribution in [0.2, 0.25) is 5.02 Å². The number of H-pyrrole nitrogens is 1. The van der Waals surface area contributed by atoms with Crippen molar-refractivity contribution in [3.8, 4) is 0 Å².